The minimum Gasteiger partial charge on any atom is -0.486 e. The van der Waals surface area contributed by atoms with Crippen molar-refractivity contribution >= 4 is 46.5 Å². The molecule has 8 heteroatoms. The number of rotatable bonds is 3. The highest BCUT2D eigenvalue weighted by Crippen LogP contribution is 2.41. The molecule has 2 aliphatic rings. The fraction of sp³-hybridized carbons (Fsp3) is 0.364. The van der Waals surface area contributed by atoms with Gasteiger partial charge >= 0.3 is 0 Å². The van der Waals surface area contributed by atoms with Crippen molar-refractivity contribution in [1.82, 2.24) is 4.90 Å². The fourth-order valence-electron chi connectivity index (χ4n) is 3.88. The molecule has 2 aromatic carbocycles. The van der Waals surface area contributed by atoms with Crippen molar-refractivity contribution in [2.45, 2.75) is 31.8 Å². The average molecular weight is 469 g/mol. The van der Waals surface area contributed by atoms with E-state index in [4.69, 9.17) is 44.3 Å². The maximum atomic E-state index is 12.7. The van der Waals surface area contributed by atoms with E-state index in [9.17, 15) is 9.59 Å². The summed E-state index contributed by atoms with van der Waals surface area (Å²) in [6.45, 7) is 2.72. The van der Waals surface area contributed by atoms with Gasteiger partial charge in [0.25, 0.3) is 5.91 Å². The summed E-state index contributed by atoms with van der Waals surface area (Å²) in [7, 11) is 0. The van der Waals surface area contributed by atoms with E-state index in [1.807, 2.05) is 13.0 Å². The molecule has 2 heterocycles. The highest BCUT2D eigenvalue weighted by Gasteiger charge is 2.43. The van der Waals surface area contributed by atoms with Crippen LogP contribution in [0.4, 0.5) is 0 Å². The van der Waals surface area contributed by atoms with Gasteiger partial charge in [0.1, 0.15) is 17.1 Å². The molecule has 1 spiro atoms. The van der Waals surface area contributed by atoms with Crippen LogP contribution in [0.5, 0.6) is 11.5 Å². The van der Waals surface area contributed by atoms with Crippen LogP contribution in [0.1, 0.15) is 35.2 Å². The molecular formula is C22H20Cl3NO4. The zero-order valence-electron chi connectivity index (χ0n) is 16.3. The van der Waals surface area contributed by atoms with Gasteiger partial charge in [-0.2, -0.15) is 0 Å². The summed E-state index contributed by atoms with van der Waals surface area (Å²) < 4.78 is 11.8. The van der Waals surface area contributed by atoms with Crippen molar-refractivity contribution in [2.75, 3.05) is 19.7 Å². The lowest BCUT2D eigenvalue weighted by atomic mass is 9.82. The van der Waals surface area contributed by atoms with E-state index in [0.717, 1.165) is 5.56 Å². The van der Waals surface area contributed by atoms with Crippen molar-refractivity contribution in [1.29, 1.82) is 0 Å². The van der Waals surface area contributed by atoms with Crippen molar-refractivity contribution in [3.63, 3.8) is 0 Å². The van der Waals surface area contributed by atoms with Gasteiger partial charge in [-0.15, -0.1) is 0 Å². The zero-order chi connectivity index (χ0) is 21.5. The lowest BCUT2D eigenvalue weighted by molar-refractivity contribution is -0.136. The van der Waals surface area contributed by atoms with E-state index in [2.05, 4.69) is 0 Å². The quantitative estimate of drug-likeness (QED) is 0.608. The number of Topliss-reactive ketones (excluding diaryl/α,β-unsaturated/α-hetero) is 1. The molecule has 2 aromatic rings. The van der Waals surface area contributed by atoms with Crippen LogP contribution >= 0.6 is 34.8 Å². The third-order valence-corrected chi connectivity index (χ3v) is 6.60. The number of likely N-dealkylation sites (tertiary alicyclic amines) is 1. The first kappa shape index (κ1) is 21.3. The number of piperidine rings is 1. The Balaban J connectivity index is 1.38. The smallest absolute Gasteiger partial charge is 0.260 e. The summed E-state index contributed by atoms with van der Waals surface area (Å²) in [5, 5.41) is 1.44. The Bertz CT molecular complexity index is 1020. The first-order chi connectivity index (χ1) is 14.3. The molecule has 1 amide bonds. The normalized spacial score (nSPS) is 17.5. The number of hydrogen-bond donors (Lipinski definition) is 0. The van der Waals surface area contributed by atoms with Gasteiger partial charge in [0.05, 0.1) is 17.0 Å². The molecule has 158 valence electrons. The van der Waals surface area contributed by atoms with Crippen LogP contribution in [0, 0.1) is 6.92 Å². The predicted molar refractivity (Wildman–Crippen MR) is 116 cm³/mol. The summed E-state index contributed by atoms with van der Waals surface area (Å²) >= 11 is 18.2. The zero-order valence-corrected chi connectivity index (χ0v) is 18.6. The van der Waals surface area contributed by atoms with Crippen LogP contribution in [-0.4, -0.2) is 41.9 Å². The molecule has 30 heavy (non-hydrogen) atoms. The van der Waals surface area contributed by atoms with Gasteiger partial charge in [0.2, 0.25) is 0 Å². The lowest BCUT2D eigenvalue weighted by Crippen LogP contribution is -2.53. The van der Waals surface area contributed by atoms with Crippen LogP contribution in [0.25, 0.3) is 0 Å². The highest BCUT2D eigenvalue weighted by atomic mass is 35.5. The summed E-state index contributed by atoms with van der Waals surface area (Å²) in [4.78, 5) is 27.0. The molecule has 0 saturated carbocycles. The Morgan fingerprint density at radius 2 is 1.87 bits per heavy atom. The third-order valence-electron chi connectivity index (χ3n) is 5.64. The summed E-state index contributed by atoms with van der Waals surface area (Å²) in [6.07, 6.45) is 1.43. The highest BCUT2D eigenvalue weighted by molar-refractivity contribution is 6.34. The number of hydrogen-bond acceptors (Lipinski definition) is 4. The number of benzene rings is 2. The maximum Gasteiger partial charge on any atom is 0.260 e. The van der Waals surface area contributed by atoms with Gasteiger partial charge in [0.15, 0.2) is 12.4 Å². The van der Waals surface area contributed by atoms with Crippen LogP contribution in [0.2, 0.25) is 15.1 Å². The molecular weight excluding hydrogens is 449 g/mol. The van der Waals surface area contributed by atoms with Gasteiger partial charge in [-0.25, -0.2) is 0 Å². The largest absolute Gasteiger partial charge is 0.486 e. The SMILES string of the molecule is Cc1cc2c(cc1Cl)C(=O)CC1(CCN(C(=O)COc3cc(Cl)ccc3Cl)CC1)O2. The standard InChI is InChI=1S/C22H20Cl3NO4/c1-13-8-19-15(10-17(13)25)18(27)11-22(30-19)4-6-26(7-5-22)21(28)12-29-20-9-14(23)2-3-16(20)24/h2-3,8-10H,4-7,11-12H2,1H3. The molecule has 0 bridgehead atoms. The molecule has 1 fully saturated rings. The second kappa shape index (κ2) is 8.29. The number of carbonyl (C=O) groups excluding carboxylic acids is 2. The van der Waals surface area contributed by atoms with E-state index in [1.165, 1.54) is 0 Å². The van der Waals surface area contributed by atoms with Crippen molar-refractivity contribution < 1.29 is 19.1 Å². The van der Waals surface area contributed by atoms with E-state index < -0.39 is 5.60 Å². The van der Waals surface area contributed by atoms with E-state index >= 15 is 0 Å². The number of fused-ring (bicyclic) bond motifs is 1. The first-order valence-electron chi connectivity index (χ1n) is 9.64. The molecule has 0 aliphatic carbocycles. The molecule has 5 nitrogen and oxygen atoms in total. The lowest BCUT2D eigenvalue weighted by Gasteiger charge is -2.44. The number of nitrogens with zero attached hydrogens (tertiary/aromatic N) is 1. The van der Waals surface area contributed by atoms with E-state index in [1.54, 1.807) is 29.2 Å². The first-order valence-corrected chi connectivity index (χ1v) is 10.8. The number of carbonyl (C=O) groups is 2. The van der Waals surface area contributed by atoms with Gasteiger partial charge in [-0.1, -0.05) is 34.8 Å². The van der Waals surface area contributed by atoms with Gasteiger partial charge in [0, 0.05) is 42.0 Å². The van der Waals surface area contributed by atoms with Crippen molar-refractivity contribution in [3.8, 4) is 11.5 Å². The topological polar surface area (TPSA) is 55.8 Å². The molecule has 0 N–H and O–H groups in total. The number of amides is 1. The molecule has 4 rings (SSSR count). The Labute approximate surface area is 189 Å². The Hall–Kier alpha value is -1.95. The van der Waals surface area contributed by atoms with Crippen molar-refractivity contribution in [2.24, 2.45) is 0 Å². The summed E-state index contributed by atoms with van der Waals surface area (Å²) in [5.41, 5.74) is 0.810. The minimum atomic E-state index is -0.585. The van der Waals surface area contributed by atoms with Crippen LogP contribution < -0.4 is 9.47 Å². The molecule has 2 aliphatic heterocycles. The predicted octanol–water partition coefficient (Wildman–Crippen LogP) is 5.36. The average Bonchev–Trinajstić information content (AvgIpc) is 2.70. The van der Waals surface area contributed by atoms with Gasteiger partial charge in [-0.05, 0) is 36.8 Å². The van der Waals surface area contributed by atoms with E-state index in [0.29, 0.717) is 58.1 Å². The third kappa shape index (κ3) is 4.25. The molecule has 0 unspecified atom stereocenters. The second-order valence-electron chi connectivity index (χ2n) is 7.73. The number of aryl methyl sites for hydroxylation is 1. The van der Waals surface area contributed by atoms with Crippen LogP contribution in [0.3, 0.4) is 0 Å². The van der Waals surface area contributed by atoms with Gasteiger partial charge < -0.3 is 14.4 Å². The van der Waals surface area contributed by atoms with Crippen LogP contribution in [-0.2, 0) is 4.79 Å². The Morgan fingerprint density at radius 1 is 1.13 bits per heavy atom. The summed E-state index contributed by atoms with van der Waals surface area (Å²) in [5.74, 6) is 0.826. The Morgan fingerprint density at radius 3 is 2.60 bits per heavy atom. The number of ketones is 1. The Kier molecular flexibility index (Phi) is 5.88. The summed E-state index contributed by atoms with van der Waals surface area (Å²) in [6, 6.07) is 8.35. The maximum absolute atomic E-state index is 12.7. The van der Waals surface area contributed by atoms with Crippen molar-refractivity contribution in [3.05, 3.63) is 56.5 Å². The minimum absolute atomic E-state index is 0.0249. The number of ether oxygens (including phenoxy) is 2. The molecule has 0 atom stereocenters. The van der Waals surface area contributed by atoms with Gasteiger partial charge in [-0.3, -0.25) is 9.59 Å². The van der Waals surface area contributed by atoms with E-state index in [-0.39, 0.29) is 24.7 Å². The number of halogens is 3. The van der Waals surface area contributed by atoms with Crippen LogP contribution in [0.15, 0.2) is 30.3 Å². The second-order valence-corrected chi connectivity index (χ2v) is 8.98. The molecule has 1 saturated heterocycles. The monoisotopic (exact) mass is 467 g/mol. The molecule has 0 radical (unpaired) electrons. The molecule has 0 aromatic heterocycles. The fourth-order valence-corrected chi connectivity index (χ4v) is 4.37.